The first-order valence-electron chi connectivity index (χ1n) is 8.95. The molecule has 8 heteroatoms. The highest BCUT2D eigenvalue weighted by Gasteiger charge is 2.24. The van der Waals surface area contributed by atoms with Gasteiger partial charge in [0.15, 0.2) is 0 Å². The lowest BCUT2D eigenvalue weighted by molar-refractivity contribution is 0.0445. The summed E-state index contributed by atoms with van der Waals surface area (Å²) >= 11 is 0. The molecule has 0 aliphatic rings. The van der Waals surface area contributed by atoms with Gasteiger partial charge in [0.25, 0.3) is 0 Å². The molecule has 0 aromatic heterocycles. The van der Waals surface area contributed by atoms with E-state index in [1.807, 2.05) is 25.1 Å². The molecular weight excluding hydrogens is 385 g/mol. The van der Waals surface area contributed by atoms with E-state index < -0.39 is 27.4 Å². The van der Waals surface area contributed by atoms with Crippen LogP contribution in [0.15, 0.2) is 47.4 Å². The van der Waals surface area contributed by atoms with Gasteiger partial charge in [-0.15, -0.1) is 0 Å². The summed E-state index contributed by atoms with van der Waals surface area (Å²) < 4.78 is 50.9. The molecule has 0 aliphatic heterocycles. The van der Waals surface area contributed by atoms with Gasteiger partial charge in [-0.1, -0.05) is 26.0 Å². The van der Waals surface area contributed by atoms with Gasteiger partial charge >= 0.3 is 5.97 Å². The molecule has 0 unspecified atom stereocenters. The summed E-state index contributed by atoms with van der Waals surface area (Å²) in [6.07, 6.45) is 0. The molecule has 2 aromatic rings. The topological polar surface area (TPSA) is 72.9 Å². The molecule has 0 N–H and O–H groups in total. The number of carbonyl (C=O) groups is 1. The Kier molecular flexibility index (Phi) is 7.53. The molecular formula is C20H24FNO5S. The number of nitrogens with zero attached hydrogens (tertiary/aromatic N) is 1. The largest absolute Gasteiger partial charge is 0.490 e. The van der Waals surface area contributed by atoms with E-state index in [1.165, 1.54) is 4.31 Å². The zero-order valence-electron chi connectivity index (χ0n) is 16.1. The minimum Gasteiger partial charge on any atom is -0.490 e. The maximum Gasteiger partial charge on any atom is 0.341 e. The van der Waals surface area contributed by atoms with Gasteiger partial charge in [-0.05, 0) is 42.8 Å². The van der Waals surface area contributed by atoms with Gasteiger partial charge < -0.3 is 9.47 Å². The van der Waals surface area contributed by atoms with Gasteiger partial charge in [0, 0.05) is 13.1 Å². The van der Waals surface area contributed by atoms with Gasteiger partial charge in [-0.25, -0.2) is 17.6 Å². The number of rotatable bonds is 9. The summed E-state index contributed by atoms with van der Waals surface area (Å²) in [5.74, 6) is -1.15. The second kappa shape index (κ2) is 9.66. The Morgan fingerprint density at radius 3 is 2.43 bits per heavy atom. The normalized spacial score (nSPS) is 11.5. The molecule has 6 nitrogen and oxygen atoms in total. The van der Waals surface area contributed by atoms with E-state index in [-0.39, 0.29) is 31.2 Å². The summed E-state index contributed by atoms with van der Waals surface area (Å²) in [5, 5.41) is 0. The number of benzene rings is 2. The standard InChI is InChI=1S/C20H24FNO5S/c1-4-22(5-2)28(24,25)17-9-10-19(21)18(14-17)20(23)27-12-11-26-16-8-6-7-15(3)13-16/h6-10,13-14H,4-5,11-12H2,1-3H3. The molecule has 2 rings (SSSR count). The molecule has 0 heterocycles. The molecule has 152 valence electrons. The quantitative estimate of drug-likeness (QED) is 0.469. The molecule has 0 saturated heterocycles. The third kappa shape index (κ3) is 5.30. The van der Waals surface area contributed by atoms with Crippen molar-refractivity contribution in [3.8, 4) is 5.75 Å². The number of hydrogen-bond acceptors (Lipinski definition) is 5. The molecule has 0 spiro atoms. The monoisotopic (exact) mass is 409 g/mol. The van der Waals surface area contributed by atoms with E-state index in [4.69, 9.17) is 9.47 Å². The maximum atomic E-state index is 14.1. The summed E-state index contributed by atoms with van der Waals surface area (Å²) in [6.45, 7) is 5.86. The van der Waals surface area contributed by atoms with Crippen molar-refractivity contribution in [2.75, 3.05) is 26.3 Å². The van der Waals surface area contributed by atoms with Gasteiger partial charge in [-0.2, -0.15) is 4.31 Å². The van der Waals surface area contributed by atoms with Crippen molar-refractivity contribution in [2.45, 2.75) is 25.7 Å². The Hall–Kier alpha value is -2.45. The second-order valence-electron chi connectivity index (χ2n) is 6.03. The van der Waals surface area contributed by atoms with Crippen LogP contribution in [0.3, 0.4) is 0 Å². The van der Waals surface area contributed by atoms with Crippen molar-refractivity contribution in [2.24, 2.45) is 0 Å². The Balaban J connectivity index is 2.04. The summed E-state index contributed by atoms with van der Waals surface area (Å²) in [5.41, 5.74) is 0.603. The van der Waals surface area contributed by atoms with Crippen LogP contribution in [0.4, 0.5) is 4.39 Å². The number of sulfonamides is 1. The summed E-state index contributed by atoms with van der Waals surface area (Å²) in [6, 6.07) is 10.5. The third-order valence-corrected chi connectivity index (χ3v) is 6.12. The predicted octanol–water partition coefficient (Wildman–Crippen LogP) is 3.40. The van der Waals surface area contributed by atoms with Crippen LogP contribution in [0.1, 0.15) is 29.8 Å². The van der Waals surface area contributed by atoms with E-state index in [0.29, 0.717) is 5.75 Å². The van der Waals surface area contributed by atoms with Crippen LogP contribution in [-0.4, -0.2) is 45.0 Å². The maximum absolute atomic E-state index is 14.1. The van der Waals surface area contributed by atoms with Gasteiger partial charge in [-0.3, -0.25) is 0 Å². The number of hydrogen-bond donors (Lipinski definition) is 0. The molecule has 0 atom stereocenters. The average Bonchev–Trinajstić information content (AvgIpc) is 2.66. The first-order chi connectivity index (χ1) is 13.3. The fourth-order valence-corrected chi connectivity index (χ4v) is 4.10. The number of halogens is 1. The molecule has 0 fully saturated rings. The highest BCUT2D eigenvalue weighted by molar-refractivity contribution is 7.89. The lowest BCUT2D eigenvalue weighted by atomic mass is 10.2. The van der Waals surface area contributed by atoms with Gasteiger partial charge in [0.1, 0.15) is 24.8 Å². The zero-order valence-corrected chi connectivity index (χ0v) is 17.0. The van der Waals surface area contributed by atoms with Crippen LogP contribution in [-0.2, 0) is 14.8 Å². The molecule has 0 amide bonds. The van der Waals surface area contributed by atoms with Gasteiger partial charge in [0.05, 0.1) is 10.5 Å². The van der Waals surface area contributed by atoms with Crippen molar-refractivity contribution in [1.82, 2.24) is 4.31 Å². The molecule has 2 aromatic carbocycles. The van der Waals surface area contributed by atoms with Crippen LogP contribution < -0.4 is 4.74 Å². The summed E-state index contributed by atoms with van der Waals surface area (Å²) in [7, 11) is -3.81. The number of esters is 1. The zero-order chi connectivity index (χ0) is 20.7. The predicted molar refractivity (Wildman–Crippen MR) is 103 cm³/mol. The van der Waals surface area contributed by atoms with E-state index in [9.17, 15) is 17.6 Å². The highest BCUT2D eigenvalue weighted by Crippen LogP contribution is 2.20. The first kappa shape index (κ1) is 21.8. The molecule has 28 heavy (non-hydrogen) atoms. The Morgan fingerprint density at radius 2 is 1.79 bits per heavy atom. The third-order valence-electron chi connectivity index (χ3n) is 4.08. The summed E-state index contributed by atoms with van der Waals surface area (Å²) in [4.78, 5) is 12.0. The van der Waals surface area contributed by atoms with Crippen molar-refractivity contribution >= 4 is 16.0 Å². The Morgan fingerprint density at radius 1 is 1.07 bits per heavy atom. The lowest BCUT2D eigenvalue weighted by Crippen LogP contribution is -2.30. The lowest BCUT2D eigenvalue weighted by Gasteiger charge is -2.18. The number of ether oxygens (including phenoxy) is 2. The minimum atomic E-state index is -3.81. The fourth-order valence-electron chi connectivity index (χ4n) is 2.61. The van der Waals surface area contributed by atoms with Crippen molar-refractivity contribution in [3.63, 3.8) is 0 Å². The van der Waals surface area contributed by atoms with Gasteiger partial charge in [0.2, 0.25) is 10.0 Å². The van der Waals surface area contributed by atoms with Crippen LogP contribution >= 0.6 is 0 Å². The molecule has 0 bridgehead atoms. The van der Waals surface area contributed by atoms with Crippen LogP contribution in [0.2, 0.25) is 0 Å². The van der Waals surface area contributed by atoms with Crippen LogP contribution in [0.5, 0.6) is 5.75 Å². The van der Waals surface area contributed by atoms with Crippen LogP contribution in [0, 0.1) is 12.7 Å². The van der Waals surface area contributed by atoms with Crippen molar-refractivity contribution < 1.29 is 27.1 Å². The molecule has 0 saturated carbocycles. The SMILES string of the molecule is CCN(CC)S(=O)(=O)c1ccc(F)c(C(=O)OCCOc2cccc(C)c2)c1. The van der Waals surface area contributed by atoms with E-state index in [1.54, 1.807) is 19.9 Å². The van der Waals surface area contributed by atoms with E-state index in [0.717, 1.165) is 23.8 Å². The molecule has 0 radical (unpaired) electrons. The molecule has 0 aliphatic carbocycles. The van der Waals surface area contributed by atoms with Crippen LogP contribution in [0.25, 0.3) is 0 Å². The van der Waals surface area contributed by atoms with Crippen molar-refractivity contribution in [3.05, 3.63) is 59.4 Å². The first-order valence-corrected chi connectivity index (χ1v) is 10.4. The second-order valence-corrected chi connectivity index (χ2v) is 7.97. The number of carbonyl (C=O) groups excluding carboxylic acids is 1. The van der Waals surface area contributed by atoms with E-state index in [2.05, 4.69) is 0 Å². The number of aryl methyl sites for hydroxylation is 1. The smallest absolute Gasteiger partial charge is 0.341 e. The average molecular weight is 409 g/mol. The van der Waals surface area contributed by atoms with E-state index >= 15 is 0 Å². The Labute approximate surface area is 164 Å². The minimum absolute atomic E-state index is 0.0915. The highest BCUT2D eigenvalue weighted by atomic mass is 32.2. The van der Waals surface area contributed by atoms with Crippen molar-refractivity contribution in [1.29, 1.82) is 0 Å². The Bertz CT molecular complexity index is 926. The fraction of sp³-hybridized carbons (Fsp3) is 0.350.